The second kappa shape index (κ2) is 6.71. The van der Waals surface area contributed by atoms with Crippen molar-refractivity contribution in [2.45, 2.75) is 13.5 Å². The molecule has 3 rings (SSSR count). The fraction of sp³-hybridized carbons (Fsp3) is 0.188. The third-order valence-corrected chi connectivity index (χ3v) is 4.51. The largest absolute Gasteiger partial charge is 0.486 e. The lowest BCUT2D eigenvalue weighted by Gasteiger charge is -2.12. The van der Waals surface area contributed by atoms with Crippen LogP contribution in [-0.2, 0) is 13.7 Å². The molecule has 124 valence electrons. The molecule has 0 unspecified atom stereocenters. The summed E-state index contributed by atoms with van der Waals surface area (Å²) in [6.45, 7) is 1.92. The van der Waals surface area contributed by atoms with Gasteiger partial charge in [-0.1, -0.05) is 12.1 Å². The molecular formula is C16H14FIN4O2. The number of hydrogen-bond donors (Lipinski definition) is 0. The van der Waals surface area contributed by atoms with Gasteiger partial charge in [0.25, 0.3) is 0 Å². The zero-order valence-electron chi connectivity index (χ0n) is 13.0. The molecule has 6 nitrogen and oxygen atoms in total. The standard InChI is InChI=1S/C16H14FIN4O2/c1-10-6-7-15(12(17)8-10)24-9-11-13(18)4-3-5-14(11)22-16(23)21(2)19-20-22/h3-8H,9H2,1-2H3. The summed E-state index contributed by atoms with van der Waals surface area (Å²) in [7, 11) is 1.53. The molecule has 3 aromatic rings. The average Bonchev–Trinajstić information content (AvgIpc) is 2.87. The summed E-state index contributed by atoms with van der Waals surface area (Å²) in [6, 6.07) is 10.2. The van der Waals surface area contributed by atoms with Gasteiger partial charge in [0, 0.05) is 16.2 Å². The molecule has 1 aromatic heterocycles. The average molecular weight is 440 g/mol. The molecule has 0 fully saturated rings. The lowest BCUT2D eigenvalue weighted by Crippen LogP contribution is -2.23. The van der Waals surface area contributed by atoms with Crippen LogP contribution >= 0.6 is 22.6 Å². The maximum atomic E-state index is 13.9. The molecule has 0 spiro atoms. The van der Waals surface area contributed by atoms with Gasteiger partial charge < -0.3 is 4.74 Å². The van der Waals surface area contributed by atoms with Gasteiger partial charge in [0.15, 0.2) is 11.6 Å². The van der Waals surface area contributed by atoms with Gasteiger partial charge in [-0.05, 0) is 69.8 Å². The highest BCUT2D eigenvalue weighted by Crippen LogP contribution is 2.24. The highest BCUT2D eigenvalue weighted by Gasteiger charge is 2.15. The monoisotopic (exact) mass is 440 g/mol. The third kappa shape index (κ3) is 3.18. The van der Waals surface area contributed by atoms with Gasteiger partial charge in [0.05, 0.1) is 5.69 Å². The van der Waals surface area contributed by atoms with Gasteiger partial charge in [-0.3, -0.25) is 0 Å². The predicted octanol–water partition coefficient (Wildman–Crippen LogP) is 2.60. The van der Waals surface area contributed by atoms with Crippen molar-refractivity contribution >= 4 is 22.6 Å². The van der Waals surface area contributed by atoms with Crippen molar-refractivity contribution in [3.05, 3.63) is 67.4 Å². The highest BCUT2D eigenvalue weighted by atomic mass is 127. The number of aryl methyl sites for hydroxylation is 2. The van der Waals surface area contributed by atoms with Crippen LogP contribution in [0.5, 0.6) is 5.75 Å². The molecule has 0 saturated carbocycles. The molecule has 8 heteroatoms. The van der Waals surface area contributed by atoms with E-state index < -0.39 is 5.82 Å². The molecule has 24 heavy (non-hydrogen) atoms. The number of nitrogens with zero attached hydrogens (tertiary/aromatic N) is 4. The lowest BCUT2D eigenvalue weighted by atomic mass is 10.2. The summed E-state index contributed by atoms with van der Waals surface area (Å²) in [4.78, 5) is 12.1. The van der Waals surface area contributed by atoms with Gasteiger partial charge in [-0.15, -0.1) is 0 Å². The molecular weight excluding hydrogens is 426 g/mol. The summed E-state index contributed by atoms with van der Waals surface area (Å²) in [5.74, 6) is -0.253. The minimum atomic E-state index is -0.417. The number of aromatic nitrogens is 4. The lowest BCUT2D eigenvalue weighted by molar-refractivity contribution is 0.289. The minimum Gasteiger partial charge on any atom is -0.486 e. The zero-order chi connectivity index (χ0) is 17.3. The van der Waals surface area contributed by atoms with Crippen LogP contribution in [-0.4, -0.2) is 19.8 Å². The smallest absolute Gasteiger partial charge is 0.368 e. The maximum absolute atomic E-state index is 13.9. The van der Waals surface area contributed by atoms with Crippen molar-refractivity contribution < 1.29 is 9.13 Å². The van der Waals surface area contributed by atoms with E-state index in [-0.39, 0.29) is 18.0 Å². The van der Waals surface area contributed by atoms with Crippen LogP contribution in [0.15, 0.2) is 41.2 Å². The molecule has 1 heterocycles. The van der Waals surface area contributed by atoms with Gasteiger partial charge in [-0.2, -0.15) is 9.36 Å². The second-order valence-electron chi connectivity index (χ2n) is 5.26. The fourth-order valence-corrected chi connectivity index (χ4v) is 2.87. The summed E-state index contributed by atoms with van der Waals surface area (Å²) < 4.78 is 22.8. The Morgan fingerprint density at radius 1 is 1.25 bits per heavy atom. The SMILES string of the molecule is Cc1ccc(OCc2c(I)cccc2-n2nnn(C)c2=O)c(F)c1. The summed E-state index contributed by atoms with van der Waals surface area (Å²) in [5, 5.41) is 7.57. The van der Waals surface area contributed by atoms with Crippen molar-refractivity contribution in [1.82, 2.24) is 19.8 Å². The zero-order valence-corrected chi connectivity index (χ0v) is 15.2. The van der Waals surface area contributed by atoms with E-state index in [9.17, 15) is 9.18 Å². The fourth-order valence-electron chi connectivity index (χ4n) is 2.23. The van der Waals surface area contributed by atoms with E-state index in [1.54, 1.807) is 18.2 Å². The van der Waals surface area contributed by atoms with Crippen molar-refractivity contribution in [3.8, 4) is 11.4 Å². The molecule has 0 atom stereocenters. The normalized spacial score (nSPS) is 10.8. The van der Waals surface area contributed by atoms with Crippen LogP contribution in [0.2, 0.25) is 0 Å². The van der Waals surface area contributed by atoms with E-state index >= 15 is 0 Å². The maximum Gasteiger partial charge on any atom is 0.368 e. The van der Waals surface area contributed by atoms with Crippen LogP contribution in [0.3, 0.4) is 0 Å². The summed E-state index contributed by atoms with van der Waals surface area (Å²) in [5.41, 5.74) is 1.76. The Morgan fingerprint density at radius 3 is 2.71 bits per heavy atom. The molecule has 0 bridgehead atoms. The first kappa shape index (κ1) is 16.6. The Balaban J connectivity index is 1.96. The van der Waals surface area contributed by atoms with Gasteiger partial charge >= 0.3 is 5.69 Å². The Labute approximate surface area is 151 Å². The highest BCUT2D eigenvalue weighted by molar-refractivity contribution is 14.1. The molecule has 0 N–H and O–H groups in total. The topological polar surface area (TPSA) is 61.9 Å². The van der Waals surface area contributed by atoms with Crippen LogP contribution in [0.25, 0.3) is 5.69 Å². The van der Waals surface area contributed by atoms with Crippen molar-refractivity contribution in [2.75, 3.05) is 0 Å². The number of hydrogen-bond acceptors (Lipinski definition) is 4. The van der Waals surface area contributed by atoms with Crippen molar-refractivity contribution in [1.29, 1.82) is 0 Å². The van der Waals surface area contributed by atoms with E-state index in [0.29, 0.717) is 5.69 Å². The van der Waals surface area contributed by atoms with Crippen LogP contribution in [0, 0.1) is 16.3 Å². The van der Waals surface area contributed by atoms with Gasteiger partial charge in [0.2, 0.25) is 0 Å². The first-order chi connectivity index (χ1) is 11.5. The minimum absolute atomic E-state index is 0.109. The number of rotatable bonds is 4. The van der Waals surface area contributed by atoms with E-state index in [0.717, 1.165) is 19.4 Å². The third-order valence-electron chi connectivity index (χ3n) is 3.50. The van der Waals surface area contributed by atoms with Gasteiger partial charge in [0.1, 0.15) is 6.61 Å². The quantitative estimate of drug-likeness (QED) is 0.586. The van der Waals surface area contributed by atoms with E-state index in [2.05, 4.69) is 33.0 Å². The Hall–Kier alpha value is -2.23. The molecule has 0 aliphatic carbocycles. The molecule has 0 radical (unpaired) electrons. The summed E-state index contributed by atoms with van der Waals surface area (Å²) in [6.07, 6.45) is 0. The van der Waals surface area contributed by atoms with Gasteiger partial charge in [-0.25, -0.2) is 9.18 Å². The predicted molar refractivity (Wildman–Crippen MR) is 94.8 cm³/mol. The molecule has 2 aromatic carbocycles. The number of tetrazole rings is 1. The number of ether oxygens (including phenoxy) is 1. The van der Waals surface area contributed by atoms with E-state index in [1.165, 1.54) is 17.8 Å². The molecule has 0 aliphatic heterocycles. The molecule has 0 aliphatic rings. The van der Waals surface area contributed by atoms with Crippen LogP contribution in [0.1, 0.15) is 11.1 Å². The number of benzene rings is 2. The van der Waals surface area contributed by atoms with Crippen LogP contribution in [0.4, 0.5) is 4.39 Å². The van der Waals surface area contributed by atoms with Crippen molar-refractivity contribution in [3.63, 3.8) is 0 Å². The Morgan fingerprint density at radius 2 is 2.04 bits per heavy atom. The molecule has 0 amide bonds. The summed E-state index contributed by atoms with van der Waals surface area (Å²) >= 11 is 2.14. The second-order valence-corrected chi connectivity index (χ2v) is 6.42. The van der Waals surface area contributed by atoms with Crippen molar-refractivity contribution in [2.24, 2.45) is 7.05 Å². The van der Waals surface area contributed by atoms with E-state index in [4.69, 9.17) is 4.74 Å². The molecule has 0 saturated heterocycles. The first-order valence-corrected chi connectivity index (χ1v) is 8.21. The Kier molecular flexibility index (Phi) is 4.65. The Bertz CT molecular complexity index is 951. The van der Waals surface area contributed by atoms with E-state index in [1.807, 2.05) is 19.1 Å². The van der Waals surface area contributed by atoms with Crippen LogP contribution < -0.4 is 10.4 Å². The number of halogens is 2. The first-order valence-electron chi connectivity index (χ1n) is 7.13.